The van der Waals surface area contributed by atoms with Gasteiger partial charge in [-0.05, 0) is 29.2 Å². The van der Waals surface area contributed by atoms with Crippen LogP contribution in [0.15, 0.2) is 47.6 Å². The molecule has 0 saturated heterocycles. The average molecular weight is 291 g/mol. The number of hydrogen-bond donors (Lipinski definition) is 1. The van der Waals surface area contributed by atoms with Crippen molar-refractivity contribution in [1.82, 2.24) is 9.97 Å². The van der Waals surface area contributed by atoms with Gasteiger partial charge in [-0.1, -0.05) is 32.9 Å². The minimum absolute atomic E-state index is 0.0156. The molecule has 0 unspecified atom stereocenters. The van der Waals surface area contributed by atoms with Gasteiger partial charge >= 0.3 is 0 Å². The lowest BCUT2D eigenvalue weighted by atomic mass is 9.87. The molecule has 0 radical (unpaired) electrons. The van der Waals surface area contributed by atoms with Crippen LogP contribution >= 0.6 is 0 Å². The smallest absolute Gasteiger partial charge is 0.247 e. The van der Waals surface area contributed by atoms with Crippen molar-refractivity contribution in [3.05, 3.63) is 48.3 Å². The number of nitrogens with zero attached hydrogens (tertiary/aromatic N) is 2. The van der Waals surface area contributed by atoms with Gasteiger partial charge in [-0.3, -0.25) is 0 Å². The monoisotopic (exact) mass is 291 g/mol. The lowest BCUT2D eigenvalue weighted by Gasteiger charge is -2.19. The molecule has 6 heteroatoms. The van der Waals surface area contributed by atoms with Crippen molar-refractivity contribution in [3.63, 3.8) is 0 Å². The Morgan fingerprint density at radius 2 is 1.55 bits per heavy atom. The molecule has 0 saturated carbocycles. The van der Waals surface area contributed by atoms with Gasteiger partial charge in [0.25, 0.3) is 10.0 Å². The maximum absolute atomic E-state index is 12.2. The SMILES string of the molecule is CC(C)(C)c1ccc(S(=O)(=O)Nc2ncccn2)cc1. The van der Waals surface area contributed by atoms with Crippen molar-refractivity contribution in [2.45, 2.75) is 31.1 Å². The van der Waals surface area contributed by atoms with Crippen molar-refractivity contribution in [1.29, 1.82) is 0 Å². The Labute approximate surface area is 119 Å². The van der Waals surface area contributed by atoms with Crippen LogP contribution in [0.1, 0.15) is 26.3 Å². The first-order valence-corrected chi connectivity index (χ1v) is 7.68. The number of aromatic nitrogens is 2. The van der Waals surface area contributed by atoms with Crippen LogP contribution in [0.25, 0.3) is 0 Å². The highest BCUT2D eigenvalue weighted by Crippen LogP contribution is 2.23. The fourth-order valence-electron chi connectivity index (χ4n) is 1.66. The molecule has 1 N–H and O–H groups in total. The highest BCUT2D eigenvalue weighted by atomic mass is 32.2. The number of anilines is 1. The second-order valence-electron chi connectivity index (χ2n) is 5.45. The summed E-state index contributed by atoms with van der Waals surface area (Å²) in [6, 6.07) is 8.44. The van der Waals surface area contributed by atoms with E-state index >= 15 is 0 Å². The molecule has 0 fully saturated rings. The molecule has 2 rings (SSSR count). The number of benzene rings is 1. The van der Waals surface area contributed by atoms with E-state index < -0.39 is 10.0 Å². The summed E-state index contributed by atoms with van der Waals surface area (Å²) >= 11 is 0. The summed E-state index contributed by atoms with van der Waals surface area (Å²) in [6.07, 6.45) is 2.96. The Morgan fingerprint density at radius 3 is 2.05 bits per heavy atom. The van der Waals surface area contributed by atoms with E-state index in [2.05, 4.69) is 35.5 Å². The molecule has 1 aromatic heterocycles. The predicted octanol–water partition coefficient (Wildman–Crippen LogP) is 2.57. The summed E-state index contributed by atoms with van der Waals surface area (Å²) in [5.74, 6) is 0.0624. The van der Waals surface area contributed by atoms with Crippen LogP contribution < -0.4 is 4.72 Å². The zero-order valence-corrected chi connectivity index (χ0v) is 12.5. The molecule has 0 aliphatic rings. The van der Waals surface area contributed by atoms with E-state index in [9.17, 15) is 8.42 Å². The van der Waals surface area contributed by atoms with Gasteiger partial charge in [-0.15, -0.1) is 0 Å². The summed E-state index contributed by atoms with van der Waals surface area (Å²) < 4.78 is 26.7. The van der Waals surface area contributed by atoms with Crippen molar-refractivity contribution in [2.24, 2.45) is 0 Å². The lowest BCUT2D eigenvalue weighted by molar-refractivity contribution is 0.587. The molecule has 0 bridgehead atoms. The quantitative estimate of drug-likeness (QED) is 0.943. The topological polar surface area (TPSA) is 72.0 Å². The number of hydrogen-bond acceptors (Lipinski definition) is 4. The Balaban J connectivity index is 2.27. The Morgan fingerprint density at radius 1 is 1.00 bits per heavy atom. The van der Waals surface area contributed by atoms with Crippen LogP contribution in [-0.2, 0) is 15.4 Å². The molecule has 0 aliphatic carbocycles. The molecule has 0 aliphatic heterocycles. The van der Waals surface area contributed by atoms with E-state index in [1.807, 2.05) is 12.1 Å². The molecule has 5 nitrogen and oxygen atoms in total. The number of rotatable bonds is 3. The normalized spacial score (nSPS) is 12.2. The fourth-order valence-corrected chi connectivity index (χ4v) is 2.62. The third-order valence-corrected chi connectivity index (χ3v) is 4.17. The first-order chi connectivity index (χ1) is 9.29. The van der Waals surface area contributed by atoms with Crippen LogP contribution in [0.5, 0.6) is 0 Å². The van der Waals surface area contributed by atoms with Crippen LogP contribution in [0.3, 0.4) is 0 Å². The molecule has 1 aromatic carbocycles. The summed E-state index contributed by atoms with van der Waals surface area (Å²) in [7, 11) is -3.65. The number of sulfonamides is 1. The highest BCUT2D eigenvalue weighted by molar-refractivity contribution is 7.92. The van der Waals surface area contributed by atoms with Crippen molar-refractivity contribution < 1.29 is 8.42 Å². The first-order valence-electron chi connectivity index (χ1n) is 6.19. The maximum atomic E-state index is 12.2. The molecule has 20 heavy (non-hydrogen) atoms. The largest absolute Gasteiger partial charge is 0.264 e. The summed E-state index contributed by atoms with van der Waals surface area (Å²) in [6.45, 7) is 6.23. The average Bonchev–Trinajstić information content (AvgIpc) is 2.38. The Bertz CT molecular complexity index is 675. The van der Waals surface area contributed by atoms with Crippen molar-refractivity contribution in [2.75, 3.05) is 4.72 Å². The van der Waals surface area contributed by atoms with E-state index in [0.29, 0.717) is 0 Å². The van der Waals surface area contributed by atoms with E-state index in [0.717, 1.165) is 5.56 Å². The number of nitrogens with one attached hydrogen (secondary N) is 1. The third kappa shape index (κ3) is 3.33. The van der Waals surface area contributed by atoms with Gasteiger partial charge in [0.1, 0.15) is 0 Å². The highest BCUT2D eigenvalue weighted by Gasteiger charge is 2.18. The van der Waals surface area contributed by atoms with Gasteiger partial charge < -0.3 is 0 Å². The van der Waals surface area contributed by atoms with Crippen LogP contribution in [0.2, 0.25) is 0 Å². The zero-order chi connectivity index (χ0) is 14.8. The van der Waals surface area contributed by atoms with Gasteiger partial charge in [0.05, 0.1) is 4.90 Å². The summed E-state index contributed by atoms with van der Waals surface area (Å²) in [5.41, 5.74) is 1.06. The Hall–Kier alpha value is -1.95. The molecule has 0 amide bonds. The summed E-state index contributed by atoms with van der Waals surface area (Å²) in [4.78, 5) is 7.88. The molecule has 0 spiro atoms. The van der Waals surface area contributed by atoms with Crippen LogP contribution in [0, 0.1) is 0 Å². The standard InChI is InChI=1S/C14H17N3O2S/c1-14(2,3)11-5-7-12(8-6-11)20(18,19)17-13-15-9-4-10-16-13/h4-10H,1-3H3,(H,15,16,17). The molecule has 2 aromatic rings. The van der Waals surface area contributed by atoms with Crippen LogP contribution in [0.4, 0.5) is 5.95 Å². The second-order valence-corrected chi connectivity index (χ2v) is 7.13. The fraction of sp³-hybridized carbons (Fsp3) is 0.286. The Kier molecular flexibility index (Phi) is 3.76. The van der Waals surface area contributed by atoms with E-state index in [1.165, 1.54) is 12.4 Å². The van der Waals surface area contributed by atoms with Crippen molar-refractivity contribution >= 4 is 16.0 Å². The molecular formula is C14H17N3O2S. The first kappa shape index (κ1) is 14.5. The molecular weight excluding hydrogens is 274 g/mol. The summed E-state index contributed by atoms with van der Waals surface area (Å²) in [5, 5.41) is 0. The second kappa shape index (κ2) is 5.20. The predicted molar refractivity (Wildman–Crippen MR) is 78.0 cm³/mol. The third-order valence-electron chi connectivity index (χ3n) is 2.82. The van der Waals surface area contributed by atoms with Gasteiger partial charge in [0.2, 0.25) is 5.95 Å². The van der Waals surface area contributed by atoms with Gasteiger partial charge in [0.15, 0.2) is 0 Å². The minimum atomic E-state index is -3.65. The minimum Gasteiger partial charge on any atom is -0.247 e. The lowest BCUT2D eigenvalue weighted by Crippen LogP contribution is -2.16. The van der Waals surface area contributed by atoms with E-state index in [-0.39, 0.29) is 16.3 Å². The van der Waals surface area contributed by atoms with Gasteiger partial charge in [0, 0.05) is 12.4 Å². The van der Waals surface area contributed by atoms with Crippen molar-refractivity contribution in [3.8, 4) is 0 Å². The maximum Gasteiger partial charge on any atom is 0.264 e. The molecule has 1 heterocycles. The van der Waals surface area contributed by atoms with Crippen LogP contribution in [-0.4, -0.2) is 18.4 Å². The molecule has 0 atom stereocenters. The van der Waals surface area contributed by atoms with Gasteiger partial charge in [-0.2, -0.15) is 0 Å². The zero-order valence-electron chi connectivity index (χ0n) is 11.7. The molecule has 106 valence electrons. The van der Waals surface area contributed by atoms with E-state index in [4.69, 9.17) is 0 Å². The van der Waals surface area contributed by atoms with E-state index in [1.54, 1.807) is 18.2 Å². The van der Waals surface area contributed by atoms with Gasteiger partial charge in [-0.25, -0.2) is 23.1 Å².